The predicted octanol–water partition coefficient (Wildman–Crippen LogP) is 4.17. The molecule has 0 heterocycles. The molecule has 0 radical (unpaired) electrons. The maximum Gasteiger partial charge on any atom is 0.261 e. The van der Waals surface area contributed by atoms with Gasteiger partial charge in [-0.1, -0.05) is 6.07 Å². The fourth-order valence-corrected chi connectivity index (χ4v) is 3.96. The Kier molecular flexibility index (Phi) is 7.57. The summed E-state index contributed by atoms with van der Waals surface area (Å²) in [7, 11) is 0.841. The van der Waals surface area contributed by atoms with Crippen LogP contribution >= 0.6 is 0 Å². The Hall–Kier alpha value is -3.98. The van der Waals surface area contributed by atoms with Crippen molar-refractivity contribution in [2.45, 2.75) is 4.90 Å². The highest BCUT2D eigenvalue weighted by Crippen LogP contribution is 2.28. The van der Waals surface area contributed by atoms with Crippen LogP contribution in [-0.4, -0.2) is 35.7 Å². The number of carbonyl (C=O) groups excluding carboxylic acids is 1. The number of nitrogens with one attached hydrogen (secondary N) is 2. The van der Waals surface area contributed by atoms with Crippen LogP contribution in [0.15, 0.2) is 77.7 Å². The molecule has 3 rings (SSSR count). The van der Waals surface area contributed by atoms with Crippen LogP contribution in [-0.2, 0) is 14.8 Å². The van der Waals surface area contributed by atoms with E-state index in [-0.39, 0.29) is 10.8 Å². The molecule has 0 saturated heterocycles. The summed E-state index contributed by atoms with van der Waals surface area (Å²) in [6.07, 6.45) is 3.01. The van der Waals surface area contributed by atoms with Gasteiger partial charge in [-0.3, -0.25) is 9.52 Å². The lowest BCUT2D eigenvalue weighted by atomic mass is 10.2. The molecule has 0 aromatic heterocycles. The van der Waals surface area contributed by atoms with Crippen molar-refractivity contribution < 1.29 is 27.4 Å². The lowest BCUT2D eigenvalue weighted by Gasteiger charge is -2.10. The van der Waals surface area contributed by atoms with E-state index in [9.17, 15) is 13.2 Å². The highest BCUT2D eigenvalue weighted by atomic mass is 32.2. The van der Waals surface area contributed by atoms with E-state index in [1.807, 2.05) is 0 Å². The number of rotatable bonds is 9. The minimum absolute atomic E-state index is 0.0668. The molecule has 1 amide bonds. The number of anilines is 2. The molecule has 0 saturated carbocycles. The van der Waals surface area contributed by atoms with Crippen molar-refractivity contribution in [1.82, 2.24) is 0 Å². The predicted molar refractivity (Wildman–Crippen MR) is 127 cm³/mol. The van der Waals surface area contributed by atoms with Crippen LogP contribution in [0.25, 0.3) is 6.08 Å². The highest BCUT2D eigenvalue weighted by molar-refractivity contribution is 7.92. The van der Waals surface area contributed by atoms with Crippen LogP contribution in [0, 0.1) is 0 Å². The van der Waals surface area contributed by atoms with Crippen molar-refractivity contribution in [2.24, 2.45) is 0 Å². The molecule has 9 heteroatoms. The van der Waals surface area contributed by atoms with Gasteiger partial charge in [-0.2, -0.15) is 0 Å². The summed E-state index contributed by atoms with van der Waals surface area (Å²) in [6.45, 7) is 0. The molecule has 0 spiro atoms. The van der Waals surface area contributed by atoms with Gasteiger partial charge in [-0.25, -0.2) is 8.42 Å². The van der Waals surface area contributed by atoms with E-state index in [1.165, 1.54) is 44.6 Å². The standard InChI is InChI=1S/C24H24N2O6S/c1-30-20-10-6-19(7-11-20)26-33(28,29)21-12-8-18(9-13-21)25-24(27)15-5-17-4-14-22(31-2)23(16-17)32-3/h4-16,26H,1-3H3,(H,25,27)/b15-5+. The zero-order valence-electron chi connectivity index (χ0n) is 18.4. The smallest absolute Gasteiger partial charge is 0.261 e. The van der Waals surface area contributed by atoms with Crippen molar-refractivity contribution in [3.8, 4) is 17.2 Å². The van der Waals surface area contributed by atoms with E-state index in [2.05, 4.69) is 10.0 Å². The summed E-state index contributed by atoms with van der Waals surface area (Å²) in [6, 6.07) is 17.7. The Bertz CT molecular complexity index is 1240. The topological polar surface area (TPSA) is 103 Å². The van der Waals surface area contributed by atoms with Crippen LogP contribution in [0.1, 0.15) is 5.56 Å². The Morgan fingerprint density at radius 3 is 2.03 bits per heavy atom. The third-order valence-corrected chi connectivity index (χ3v) is 6.01. The van der Waals surface area contributed by atoms with Gasteiger partial charge in [0.1, 0.15) is 5.75 Å². The molecule has 3 aromatic rings. The Balaban J connectivity index is 1.63. The average Bonchev–Trinajstić information content (AvgIpc) is 2.83. The monoisotopic (exact) mass is 468 g/mol. The second-order valence-electron chi connectivity index (χ2n) is 6.80. The van der Waals surface area contributed by atoms with Crippen molar-refractivity contribution in [3.63, 3.8) is 0 Å². The van der Waals surface area contributed by atoms with Gasteiger partial charge in [0.2, 0.25) is 5.91 Å². The minimum atomic E-state index is -3.78. The molecule has 172 valence electrons. The number of amides is 1. The number of hydrogen-bond acceptors (Lipinski definition) is 6. The van der Waals surface area contributed by atoms with E-state index in [1.54, 1.807) is 55.7 Å². The number of hydrogen-bond donors (Lipinski definition) is 2. The fourth-order valence-electron chi connectivity index (χ4n) is 2.90. The van der Waals surface area contributed by atoms with Gasteiger partial charge in [-0.05, 0) is 72.3 Å². The summed E-state index contributed by atoms with van der Waals surface area (Å²) in [4.78, 5) is 12.3. The third kappa shape index (κ3) is 6.27. The zero-order valence-corrected chi connectivity index (χ0v) is 19.2. The molecular formula is C24H24N2O6S. The highest BCUT2D eigenvalue weighted by Gasteiger charge is 2.14. The number of sulfonamides is 1. The second-order valence-corrected chi connectivity index (χ2v) is 8.48. The van der Waals surface area contributed by atoms with Gasteiger partial charge in [0.25, 0.3) is 10.0 Å². The molecule has 0 fully saturated rings. The van der Waals surface area contributed by atoms with E-state index in [0.717, 1.165) is 5.56 Å². The first-order valence-electron chi connectivity index (χ1n) is 9.82. The fraction of sp³-hybridized carbons (Fsp3) is 0.125. The van der Waals surface area contributed by atoms with Gasteiger partial charge in [0.05, 0.1) is 26.2 Å². The summed E-state index contributed by atoms with van der Waals surface area (Å²) < 4.78 is 43.2. The molecule has 3 aromatic carbocycles. The number of carbonyl (C=O) groups is 1. The molecular weight excluding hydrogens is 444 g/mol. The molecule has 0 aliphatic rings. The maximum absolute atomic E-state index is 12.6. The van der Waals surface area contributed by atoms with Gasteiger partial charge < -0.3 is 19.5 Å². The first kappa shape index (κ1) is 23.7. The van der Waals surface area contributed by atoms with E-state index in [0.29, 0.717) is 28.6 Å². The van der Waals surface area contributed by atoms with Crippen LogP contribution in [0.4, 0.5) is 11.4 Å². The third-order valence-electron chi connectivity index (χ3n) is 4.61. The summed E-state index contributed by atoms with van der Waals surface area (Å²) in [5.41, 5.74) is 1.63. The van der Waals surface area contributed by atoms with E-state index >= 15 is 0 Å². The van der Waals surface area contributed by atoms with E-state index < -0.39 is 10.0 Å². The Morgan fingerprint density at radius 2 is 1.42 bits per heavy atom. The summed E-state index contributed by atoms with van der Waals surface area (Å²) >= 11 is 0. The van der Waals surface area contributed by atoms with Crippen molar-refractivity contribution in [3.05, 3.63) is 78.4 Å². The first-order chi connectivity index (χ1) is 15.8. The van der Waals surface area contributed by atoms with Crippen molar-refractivity contribution >= 4 is 33.4 Å². The lowest BCUT2D eigenvalue weighted by Crippen LogP contribution is -2.13. The minimum Gasteiger partial charge on any atom is -0.497 e. The van der Waals surface area contributed by atoms with Gasteiger partial charge in [-0.15, -0.1) is 0 Å². The lowest BCUT2D eigenvalue weighted by molar-refractivity contribution is -0.111. The number of methoxy groups -OCH3 is 3. The largest absolute Gasteiger partial charge is 0.497 e. The number of ether oxygens (including phenoxy) is 3. The van der Waals surface area contributed by atoms with Crippen LogP contribution < -0.4 is 24.2 Å². The molecule has 0 aliphatic carbocycles. The molecule has 0 atom stereocenters. The molecule has 0 bridgehead atoms. The molecule has 0 unspecified atom stereocenters. The van der Waals surface area contributed by atoms with Gasteiger partial charge >= 0.3 is 0 Å². The van der Waals surface area contributed by atoms with Crippen molar-refractivity contribution in [1.29, 1.82) is 0 Å². The number of benzene rings is 3. The van der Waals surface area contributed by atoms with Crippen molar-refractivity contribution in [2.75, 3.05) is 31.4 Å². The first-order valence-corrected chi connectivity index (χ1v) is 11.3. The summed E-state index contributed by atoms with van der Waals surface area (Å²) in [5, 5.41) is 2.69. The molecule has 33 heavy (non-hydrogen) atoms. The molecule has 8 nitrogen and oxygen atoms in total. The maximum atomic E-state index is 12.6. The van der Waals surface area contributed by atoms with Crippen LogP contribution in [0.2, 0.25) is 0 Å². The normalized spacial score (nSPS) is 11.1. The van der Waals surface area contributed by atoms with E-state index in [4.69, 9.17) is 14.2 Å². The van der Waals surface area contributed by atoms with Gasteiger partial charge in [0.15, 0.2) is 11.5 Å². The second kappa shape index (κ2) is 10.6. The Labute approximate surface area is 192 Å². The Morgan fingerprint density at radius 1 is 0.788 bits per heavy atom. The van der Waals surface area contributed by atoms with Gasteiger partial charge in [0, 0.05) is 17.5 Å². The SMILES string of the molecule is COc1ccc(NS(=O)(=O)c2ccc(NC(=O)/C=C/c3ccc(OC)c(OC)c3)cc2)cc1. The molecule has 2 N–H and O–H groups in total. The van der Waals surface area contributed by atoms with Crippen LogP contribution in [0.3, 0.4) is 0 Å². The zero-order chi connectivity index (χ0) is 23.8. The van der Waals surface area contributed by atoms with Crippen LogP contribution in [0.5, 0.6) is 17.2 Å². The quantitative estimate of drug-likeness (QED) is 0.457. The average molecular weight is 469 g/mol. The summed E-state index contributed by atoms with van der Waals surface area (Å²) in [5.74, 6) is 1.41. The molecule has 0 aliphatic heterocycles.